The third-order valence-corrected chi connectivity index (χ3v) is 6.67. The van der Waals surface area contributed by atoms with E-state index in [9.17, 15) is 13.6 Å². The summed E-state index contributed by atoms with van der Waals surface area (Å²) < 4.78 is 25.4. The lowest BCUT2D eigenvalue weighted by atomic mass is 9.82. The first-order valence-electron chi connectivity index (χ1n) is 10.5. The van der Waals surface area contributed by atoms with Crippen LogP contribution in [0.5, 0.6) is 0 Å². The summed E-state index contributed by atoms with van der Waals surface area (Å²) in [5.74, 6) is 0.139. The number of alkyl halides is 2. The second kappa shape index (κ2) is 9.82. The molecule has 0 saturated heterocycles. The number of hydrogen-bond acceptors (Lipinski definition) is 7. The average molecular weight is 446 g/mol. The van der Waals surface area contributed by atoms with Gasteiger partial charge in [-0.2, -0.15) is 0 Å². The number of Topliss-reactive ketones (excluding diaryl/α,β-unsaturated/α-hetero) is 1. The highest BCUT2D eigenvalue weighted by atomic mass is 32.1. The zero-order valence-electron chi connectivity index (χ0n) is 17.4. The van der Waals surface area contributed by atoms with Crippen molar-refractivity contribution in [3.63, 3.8) is 0 Å². The number of carbonyl (C=O) groups excluding carboxylic acids is 1. The summed E-state index contributed by atoms with van der Waals surface area (Å²) >= 11 is 1.51. The van der Waals surface area contributed by atoms with Crippen molar-refractivity contribution >= 4 is 28.0 Å². The maximum absolute atomic E-state index is 12.8. The monoisotopic (exact) mass is 445 g/mol. The van der Waals surface area contributed by atoms with Crippen LogP contribution in [0.15, 0.2) is 24.5 Å². The molecule has 0 radical (unpaired) electrons. The Labute approximate surface area is 183 Å². The molecule has 3 aromatic rings. The van der Waals surface area contributed by atoms with Crippen LogP contribution in [0.3, 0.4) is 0 Å². The Bertz CT molecular complexity index is 1050. The molecule has 3 aromatic heterocycles. The number of nitrogens with one attached hydrogen (secondary N) is 1. The van der Waals surface area contributed by atoms with Gasteiger partial charge in [0.25, 0.3) is 0 Å². The van der Waals surface area contributed by atoms with Crippen molar-refractivity contribution in [1.82, 2.24) is 25.5 Å². The summed E-state index contributed by atoms with van der Waals surface area (Å²) in [4.78, 5) is 21.7. The average Bonchev–Trinajstić information content (AvgIpc) is 3.23. The molecule has 0 spiro atoms. The number of fused-ring (bicyclic) bond motifs is 1. The van der Waals surface area contributed by atoms with Crippen LogP contribution in [0.4, 0.5) is 8.78 Å². The van der Waals surface area contributed by atoms with Gasteiger partial charge in [-0.25, -0.2) is 8.78 Å². The quantitative estimate of drug-likeness (QED) is 0.564. The fourth-order valence-corrected chi connectivity index (χ4v) is 4.74. The Balaban J connectivity index is 1.39. The van der Waals surface area contributed by atoms with Crippen molar-refractivity contribution in [2.75, 3.05) is 13.3 Å². The molecule has 1 N–H and O–H groups in total. The van der Waals surface area contributed by atoms with E-state index in [0.717, 1.165) is 57.9 Å². The predicted octanol–water partition coefficient (Wildman–Crippen LogP) is 4.02. The summed E-state index contributed by atoms with van der Waals surface area (Å²) in [5, 5.41) is 13.9. The normalized spacial score (nSPS) is 19.2. The SMILES string of the molecule is Cc1nnc(-c2cnc3cnc(CC(=O)C4CCC(NC(CF)CF)CC4)cc3c2)s1. The first kappa shape index (κ1) is 21.8. The fraction of sp³-hybridized carbons (Fsp3) is 0.500. The Hall–Kier alpha value is -2.39. The molecule has 1 fully saturated rings. The molecule has 4 rings (SSSR count). The maximum Gasteiger partial charge on any atom is 0.149 e. The number of pyridine rings is 2. The molecule has 164 valence electrons. The molecule has 0 bridgehead atoms. The van der Waals surface area contributed by atoms with Crippen molar-refractivity contribution in [2.24, 2.45) is 5.92 Å². The zero-order chi connectivity index (χ0) is 21.8. The molecule has 0 amide bonds. The molecule has 0 atom stereocenters. The molecule has 31 heavy (non-hydrogen) atoms. The van der Waals surface area contributed by atoms with Gasteiger partial charge in [-0.1, -0.05) is 11.3 Å². The summed E-state index contributed by atoms with van der Waals surface area (Å²) in [6.07, 6.45) is 6.71. The van der Waals surface area contributed by atoms with Crippen LogP contribution >= 0.6 is 11.3 Å². The van der Waals surface area contributed by atoms with Gasteiger partial charge in [0.15, 0.2) is 0 Å². The van der Waals surface area contributed by atoms with E-state index in [1.165, 1.54) is 11.3 Å². The molecular weight excluding hydrogens is 420 g/mol. The first-order chi connectivity index (χ1) is 15.1. The van der Waals surface area contributed by atoms with Crippen molar-refractivity contribution in [3.05, 3.63) is 35.2 Å². The predicted molar refractivity (Wildman–Crippen MR) is 117 cm³/mol. The van der Waals surface area contributed by atoms with E-state index in [1.54, 1.807) is 12.4 Å². The van der Waals surface area contributed by atoms with Crippen LogP contribution in [0.2, 0.25) is 0 Å². The standard InChI is InChI=1S/C22H25F2N5OS/c1-13-28-29-22(31-13)16-6-15-7-18(25-12-20(15)26-11-16)8-21(30)14-2-4-17(5-3-14)27-19(9-23)10-24/h6-7,11-12,14,17,19,27H,2-5,8-10H2,1H3. The molecule has 6 nitrogen and oxygen atoms in total. The zero-order valence-corrected chi connectivity index (χ0v) is 18.2. The summed E-state index contributed by atoms with van der Waals surface area (Å²) in [7, 11) is 0. The number of aromatic nitrogens is 4. The smallest absolute Gasteiger partial charge is 0.149 e. The number of aryl methyl sites for hydroxylation is 1. The van der Waals surface area contributed by atoms with Gasteiger partial charge >= 0.3 is 0 Å². The summed E-state index contributed by atoms with van der Waals surface area (Å²) in [6, 6.07) is 3.26. The molecule has 1 aliphatic carbocycles. The lowest BCUT2D eigenvalue weighted by Gasteiger charge is -2.30. The second-order valence-corrected chi connectivity index (χ2v) is 9.26. The molecule has 3 heterocycles. The van der Waals surface area contributed by atoms with Gasteiger partial charge in [0.2, 0.25) is 0 Å². The Morgan fingerprint density at radius 3 is 2.58 bits per heavy atom. The highest BCUT2D eigenvalue weighted by Crippen LogP contribution is 2.28. The lowest BCUT2D eigenvalue weighted by Crippen LogP contribution is -2.43. The van der Waals surface area contributed by atoms with Gasteiger partial charge in [-0.3, -0.25) is 14.8 Å². The minimum atomic E-state index is -0.735. The molecule has 1 aliphatic rings. The highest BCUT2D eigenvalue weighted by Gasteiger charge is 2.27. The molecule has 0 aromatic carbocycles. The molecule has 0 unspecified atom stereocenters. The largest absolute Gasteiger partial charge is 0.306 e. The van der Waals surface area contributed by atoms with Gasteiger partial charge in [0, 0.05) is 41.2 Å². The van der Waals surface area contributed by atoms with Gasteiger partial charge in [0.1, 0.15) is 29.1 Å². The van der Waals surface area contributed by atoms with Gasteiger partial charge in [-0.15, -0.1) is 10.2 Å². The molecular formula is C22H25F2N5OS. The third kappa shape index (κ3) is 5.27. The van der Waals surface area contributed by atoms with E-state index in [4.69, 9.17) is 0 Å². The minimum absolute atomic E-state index is 0.0291. The summed E-state index contributed by atoms with van der Waals surface area (Å²) in [5.41, 5.74) is 2.38. The van der Waals surface area contributed by atoms with E-state index in [1.807, 2.05) is 19.1 Å². The van der Waals surface area contributed by atoms with E-state index in [0.29, 0.717) is 0 Å². The second-order valence-electron chi connectivity index (χ2n) is 8.08. The van der Waals surface area contributed by atoms with E-state index < -0.39 is 19.4 Å². The number of carbonyl (C=O) groups is 1. The van der Waals surface area contributed by atoms with Crippen LogP contribution in [-0.4, -0.2) is 51.4 Å². The van der Waals surface area contributed by atoms with Crippen LogP contribution in [0, 0.1) is 12.8 Å². The highest BCUT2D eigenvalue weighted by molar-refractivity contribution is 7.14. The number of halogens is 2. The van der Waals surface area contributed by atoms with Crippen LogP contribution < -0.4 is 5.32 Å². The minimum Gasteiger partial charge on any atom is -0.306 e. The topological polar surface area (TPSA) is 80.7 Å². The Morgan fingerprint density at radius 1 is 1.13 bits per heavy atom. The van der Waals surface area contributed by atoms with E-state index >= 15 is 0 Å². The lowest BCUT2D eigenvalue weighted by molar-refractivity contribution is -0.123. The number of hydrogen-bond donors (Lipinski definition) is 1. The van der Waals surface area contributed by atoms with Crippen LogP contribution in [-0.2, 0) is 11.2 Å². The van der Waals surface area contributed by atoms with Crippen molar-refractivity contribution in [2.45, 2.75) is 51.1 Å². The van der Waals surface area contributed by atoms with E-state index in [-0.39, 0.29) is 24.2 Å². The van der Waals surface area contributed by atoms with Gasteiger partial charge in [-0.05, 0) is 44.7 Å². The maximum atomic E-state index is 12.8. The molecule has 1 saturated carbocycles. The molecule has 9 heteroatoms. The number of nitrogens with zero attached hydrogens (tertiary/aromatic N) is 4. The molecule has 0 aliphatic heterocycles. The van der Waals surface area contributed by atoms with E-state index in [2.05, 4.69) is 25.5 Å². The van der Waals surface area contributed by atoms with Crippen molar-refractivity contribution < 1.29 is 13.6 Å². The third-order valence-electron chi connectivity index (χ3n) is 5.78. The number of rotatable bonds is 8. The Kier molecular flexibility index (Phi) is 6.92. The Morgan fingerprint density at radius 2 is 1.90 bits per heavy atom. The van der Waals surface area contributed by atoms with Crippen molar-refractivity contribution in [3.8, 4) is 10.6 Å². The number of ketones is 1. The van der Waals surface area contributed by atoms with Crippen molar-refractivity contribution in [1.29, 1.82) is 0 Å². The fourth-order valence-electron chi connectivity index (χ4n) is 4.07. The van der Waals surface area contributed by atoms with Gasteiger partial charge < -0.3 is 5.32 Å². The van der Waals surface area contributed by atoms with Crippen LogP contribution in [0.1, 0.15) is 36.4 Å². The van der Waals surface area contributed by atoms with Gasteiger partial charge in [0.05, 0.1) is 17.8 Å². The summed E-state index contributed by atoms with van der Waals surface area (Å²) in [6.45, 7) is 0.490. The first-order valence-corrected chi connectivity index (χ1v) is 11.3. The van der Waals surface area contributed by atoms with Crippen LogP contribution in [0.25, 0.3) is 21.5 Å².